The third-order valence-electron chi connectivity index (χ3n) is 12.0. The summed E-state index contributed by atoms with van der Waals surface area (Å²) in [6.45, 7) is 0. The summed E-state index contributed by atoms with van der Waals surface area (Å²) in [6, 6.07) is 79.9. The van der Waals surface area contributed by atoms with E-state index < -0.39 is 0 Å². The first-order chi connectivity index (χ1) is 32.2. The van der Waals surface area contributed by atoms with Gasteiger partial charge in [0.15, 0.2) is 23.3 Å². The second-order valence-corrected chi connectivity index (χ2v) is 16.1. The lowest BCUT2D eigenvalue weighted by Crippen LogP contribution is -2.00. The molecule has 6 heteroatoms. The average Bonchev–Trinajstić information content (AvgIpc) is 3.74. The SMILES string of the molecule is c1ccc(-c2nc(-c3cccc(-c4cccc(-c5nc(-c6ccccc6)nc(-c6ccccc6)n5)c4)c3)cc(-c3ccc4c5c6ccccc6ccc5n(-c5ccccc5)c4c3)n2)cc1. The van der Waals surface area contributed by atoms with Crippen molar-refractivity contribution in [2.75, 3.05) is 0 Å². The lowest BCUT2D eigenvalue weighted by atomic mass is 9.98. The lowest BCUT2D eigenvalue weighted by Gasteiger charge is -2.12. The molecule has 0 fully saturated rings. The molecule has 0 amide bonds. The number of hydrogen-bond donors (Lipinski definition) is 0. The summed E-state index contributed by atoms with van der Waals surface area (Å²) in [5.41, 5.74) is 12.9. The molecule has 0 radical (unpaired) electrons. The van der Waals surface area contributed by atoms with E-state index in [0.29, 0.717) is 23.3 Å². The van der Waals surface area contributed by atoms with E-state index in [2.05, 4.69) is 156 Å². The summed E-state index contributed by atoms with van der Waals surface area (Å²) in [5.74, 6) is 2.54. The second-order valence-electron chi connectivity index (χ2n) is 16.1. The first kappa shape index (κ1) is 37.9. The van der Waals surface area contributed by atoms with Gasteiger partial charge in [0.05, 0.1) is 22.4 Å². The van der Waals surface area contributed by atoms with Crippen LogP contribution in [0.3, 0.4) is 0 Å². The van der Waals surface area contributed by atoms with Gasteiger partial charge in [-0.05, 0) is 64.4 Å². The largest absolute Gasteiger partial charge is 0.309 e. The summed E-state index contributed by atoms with van der Waals surface area (Å²) in [4.78, 5) is 25.4. The fraction of sp³-hybridized carbons (Fsp3) is 0. The molecule has 0 aliphatic rings. The molecule has 0 N–H and O–H groups in total. The van der Waals surface area contributed by atoms with E-state index in [0.717, 1.165) is 67.1 Å². The van der Waals surface area contributed by atoms with Crippen molar-refractivity contribution in [3.63, 3.8) is 0 Å². The molecule has 0 aliphatic carbocycles. The first-order valence-electron chi connectivity index (χ1n) is 21.7. The minimum Gasteiger partial charge on any atom is -0.309 e. The highest BCUT2D eigenvalue weighted by atomic mass is 15.0. The molecule has 0 saturated carbocycles. The molecule has 0 aliphatic heterocycles. The van der Waals surface area contributed by atoms with Gasteiger partial charge < -0.3 is 4.57 Å². The van der Waals surface area contributed by atoms with E-state index >= 15 is 0 Å². The standard InChI is InChI=1S/C59H38N6/c1-5-18-40(19-6-1)56-60-51(38-52(61-56)46-31-33-50-54(37-46)65(48-28-11-4-12-29-48)53-34-32-39-17-13-14-30-49(39)55(50)53)45-26-15-24-43(35-45)44-25-16-27-47(36-44)59-63-57(41-20-7-2-8-21-41)62-58(64-59)42-22-9-3-10-23-42/h1-38H. The maximum Gasteiger partial charge on any atom is 0.164 e. The van der Waals surface area contributed by atoms with Crippen molar-refractivity contribution in [3.8, 4) is 84.9 Å². The summed E-state index contributed by atoms with van der Waals surface area (Å²) in [5, 5.41) is 4.90. The summed E-state index contributed by atoms with van der Waals surface area (Å²) < 4.78 is 2.38. The number of hydrogen-bond acceptors (Lipinski definition) is 5. The fourth-order valence-corrected chi connectivity index (χ4v) is 8.89. The van der Waals surface area contributed by atoms with Crippen molar-refractivity contribution in [1.29, 1.82) is 0 Å². The van der Waals surface area contributed by atoms with Crippen molar-refractivity contribution in [3.05, 3.63) is 231 Å². The Labute approximate surface area is 375 Å². The van der Waals surface area contributed by atoms with Crippen LogP contribution in [0.1, 0.15) is 0 Å². The van der Waals surface area contributed by atoms with Gasteiger partial charge in [-0.2, -0.15) is 0 Å². The minimum atomic E-state index is 0.611. The fourth-order valence-electron chi connectivity index (χ4n) is 8.89. The predicted octanol–water partition coefficient (Wildman–Crippen LogP) is 14.6. The molecule has 0 bridgehead atoms. The van der Waals surface area contributed by atoms with Crippen LogP contribution >= 0.6 is 0 Å². The van der Waals surface area contributed by atoms with Gasteiger partial charge in [-0.25, -0.2) is 24.9 Å². The van der Waals surface area contributed by atoms with Crippen LogP contribution in [0.5, 0.6) is 0 Å². The van der Waals surface area contributed by atoms with E-state index in [9.17, 15) is 0 Å². The third-order valence-corrected chi connectivity index (χ3v) is 12.0. The molecule has 3 heterocycles. The highest BCUT2D eigenvalue weighted by Crippen LogP contribution is 2.39. The van der Waals surface area contributed by atoms with E-state index in [1.165, 1.54) is 27.1 Å². The number of aromatic nitrogens is 6. The zero-order valence-corrected chi connectivity index (χ0v) is 35.1. The van der Waals surface area contributed by atoms with E-state index in [1.54, 1.807) is 0 Å². The van der Waals surface area contributed by atoms with Crippen LogP contribution in [0.15, 0.2) is 231 Å². The van der Waals surface area contributed by atoms with E-state index in [-0.39, 0.29) is 0 Å². The number of benzene rings is 9. The maximum atomic E-state index is 5.26. The maximum absolute atomic E-state index is 5.26. The van der Waals surface area contributed by atoms with Gasteiger partial charge in [-0.15, -0.1) is 0 Å². The summed E-state index contributed by atoms with van der Waals surface area (Å²) in [6.07, 6.45) is 0. The molecule has 9 aromatic carbocycles. The molecular formula is C59H38N6. The zero-order valence-electron chi connectivity index (χ0n) is 35.1. The zero-order chi connectivity index (χ0) is 43.1. The van der Waals surface area contributed by atoms with Crippen molar-refractivity contribution >= 4 is 32.6 Å². The Balaban J connectivity index is 0.981. The minimum absolute atomic E-state index is 0.611. The van der Waals surface area contributed by atoms with E-state index in [1.807, 2.05) is 78.9 Å². The van der Waals surface area contributed by atoms with Gasteiger partial charge in [0, 0.05) is 49.8 Å². The Hall–Kier alpha value is -8.87. The Morgan fingerprint density at radius 2 is 0.723 bits per heavy atom. The number of fused-ring (bicyclic) bond motifs is 5. The van der Waals surface area contributed by atoms with Crippen LogP contribution < -0.4 is 0 Å². The Morgan fingerprint density at radius 1 is 0.262 bits per heavy atom. The number of rotatable bonds is 8. The number of para-hydroxylation sites is 1. The van der Waals surface area contributed by atoms with Gasteiger partial charge in [0.25, 0.3) is 0 Å². The quantitative estimate of drug-likeness (QED) is 0.153. The molecule has 65 heavy (non-hydrogen) atoms. The van der Waals surface area contributed by atoms with Crippen molar-refractivity contribution in [2.45, 2.75) is 0 Å². The lowest BCUT2D eigenvalue weighted by molar-refractivity contribution is 1.07. The molecule has 0 unspecified atom stereocenters. The molecular weight excluding hydrogens is 793 g/mol. The molecule has 304 valence electrons. The van der Waals surface area contributed by atoms with Gasteiger partial charge in [0.2, 0.25) is 0 Å². The molecule has 0 atom stereocenters. The Kier molecular flexibility index (Phi) is 9.38. The highest BCUT2D eigenvalue weighted by molar-refractivity contribution is 6.21. The number of nitrogens with zero attached hydrogens (tertiary/aromatic N) is 6. The highest BCUT2D eigenvalue weighted by Gasteiger charge is 2.18. The second kappa shape index (κ2) is 16.1. The molecule has 12 aromatic rings. The van der Waals surface area contributed by atoms with Gasteiger partial charge in [-0.3, -0.25) is 0 Å². The van der Waals surface area contributed by atoms with Crippen molar-refractivity contribution in [1.82, 2.24) is 29.5 Å². The van der Waals surface area contributed by atoms with Crippen LogP contribution in [0.2, 0.25) is 0 Å². The van der Waals surface area contributed by atoms with Crippen LogP contribution in [0.25, 0.3) is 117 Å². The smallest absolute Gasteiger partial charge is 0.164 e. The monoisotopic (exact) mass is 830 g/mol. The van der Waals surface area contributed by atoms with Crippen LogP contribution in [0, 0.1) is 0 Å². The summed E-state index contributed by atoms with van der Waals surface area (Å²) in [7, 11) is 0. The van der Waals surface area contributed by atoms with Crippen LogP contribution in [-0.2, 0) is 0 Å². The molecule has 6 nitrogen and oxygen atoms in total. The molecule has 0 spiro atoms. The van der Waals surface area contributed by atoms with E-state index in [4.69, 9.17) is 24.9 Å². The summed E-state index contributed by atoms with van der Waals surface area (Å²) >= 11 is 0. The Morgan fingerprint density at radius 3 is 1.34 bits per heavy atom. The molecule has 12 rings (SSSR count). The van der Waals surface area contributed by atoms with Crippen molar-refractivity contribution in [2.24, 2.45) is 0 Å². The van der Waals surface area contributed by atoms with Gasteiger partial charge >= 0.3 is 0 Å². The average molecular weight is 831 g/mol. The van der Waals surface area contributed by atoms with Gasteiger partial charge in [-0.1, -0.05) is 188 Å². The van der Waals surface area contributed by atoms with Gasteiger partial charge in [0.1, 0.15) is 0 Å². The molecule has 3 aromatic heterocycles. The van der Waals surface area contributed by atoms with Crippen molar-refractivity contribution < 1.29 is 0 Å². The normalized spacial score (nSPS) is 11.4. The van der Waals surface area contributed by atoms with Crippen LogP contribution in [0.4, 0.5) is 0 Å². The molecule has 0 saturated heterocycles. The predicted molar refractivity (Wildman–Crippen MR) is 265 cm³/mol. The first-order valence-corrected chi connectivity index (χ1v) is 21.7. The topological polar surface area (TPSA) is 69.4 Å². The Bertz CT molecular complexity index is 3640. The van der Waals surface area contributed by atoms with Crippen LogP contribution in [-0.4, -0.2) is 29.5 Å². The third kappa shape index (κ3) is 7.09.